The number of aryl methyl sites for hydroxylation is 1. The van der Waals surface area contributed by atoms with Gasteiger partial charge in [0.25, 0.3) is 0 Å². The summed E-state index contributed by atoms with van der Waals surface area (Å²) in [6.45, 7) is 4.21. The van der Waals surface area contributed by atoms with Gasteiger partial charge in [-0.2, -0.15) is 0 Å². The monoisotopic (exact) mass is 275 g/mol. The van der Waals surface area contributed by atoms with E-state index in [0.29, 0.717) is 17.9 Å². The molecule has 1 unspecified atom stereocenters. The maximum atomic E-state index is 12.1. The Morgan fingerprint density at radius 1 is 1.29 bits per heavy atom. The van der Waals surface area contributed by atoms with E-state index < -0.39 is 10.0 Å². The van der Waals surface area contributed by atoms with Gasteiger partial charge in [0.15, 0.2) is 0 Å². The summed E-state index contributed by atoms with van der Waals surface area (Å²) in [5.74, 6) is 0. The number of alkyl halides is 1. The Morgan fingerprint density at radius 2 is 1.82 bits per heavy atom. The van der Waals surface area contributed by atoms with Crippen molar-refractivity contribution < 1.29 is 8.42 Å². The molecule has 0 heterocycles. The van der Waals surface area contributed by atoms with Crippen LogP contribution in [0.5, 0.6) is 0 Å². The van der Waals surface area contributed by atoms with Crippen LogP contribution in [0.4, 0.5) is 0 Å². The largest absolute Gasteiger partial charge is 0.242 e. The first-order valence-electron chi connectivity index (χ1n) is 5.51. The molecule has 0 aliphatic heterocycles. The van der Waals surface area contributed by atoms with Crippen molar-refractivity contribution in [3.05, 3.63) is 29.8 Å². The molecule has 1 atom stereocenters. The van der Waals surface area contributed by atoms with Crippen molar-refractivity contribution in [1.82, 2.24) is 4.31 Å². The Bertz CT molecular complexity index is 454. The molecule has 1 aromatic carbocycles. The topological polar surface area (TPSA) is 37.4 Å². The average Bonchev–Trinajstić information content (AvgIpc) is 2.26. The summed E-state index contributed by atoms with van der Waals surface area (Å²) in [5.41, 5.74) is 1.04. The van der Waals surface area contributed by atoms with Crippen molar-refractivity contribution >= 4 is 21.6 Å². The van der Waals surface area contributed by atoms with Gasteiger partial charge in [-0.15, -0.1) is 11.6 Å². The molecule has 0 spiro atoms. The van der Waals surface area contributed by atoms with Gasteiger partial charge in [0.05, 0.1) is 4.90 Å². The van der Waals surface area contributed by atoms with Gasteiger partial charge in [-0.05, 0) is 32.4 Å². The van der Waals surface area contributed by atoms with Gasteiger partial charge >= 0.3 is 0 Å². The lowest BCUT2D eigenvalue weighted by molar-refractivity contribution is 0.460. The van der Waals surface area contributed by atoms with Gasteiger partial charge in [-0.3, -0.25) is 0 Å². The van der Waals surface area contributed by atoms with Crippen molar-refractivity contribution in [3.63, 3.8) is 0 Å². The van der Waals surface area contributed by atoms with Crippen molar-refractivity contribution in [2.45, 2.75) is 30.5 Å². The first-order valence-corrected chi connectivity index (χ1v) is 7.39. The summed E-state index contributed by atoms with van der Waals surface area (Å²) in [4.78, 5) is 0.327. The molecule has 5 heteroatoms. The zero-order valence-corrected chi connectivity index (χ0v) is 11.9. The molecule has 0 N–H and O–H groups in total. The van der Waals surface area contributed by atoms with E-state index in [9.17, 15) is 8.42 Å². The lowest BCUT2D eigenvalue weighted by atomic mass is 10.2. The van der Waals surface area contributed by atoms with Gasteiger partial charge < -0.3 is 0 Å². The van der Waals surface area contributed by atoms with E-state index in [0.717, 1.165) is 5.56 Å². The van der Waals surface area contributed by atoms with Crippen LogP contribution in [0.3, 0.4) is 0 Å². The summed E-state index contributed by atoms with van der Waals surface area (Å²) in [5, 5.41) is -0.0225. The number of hydrogen-bond acceptors (Lipinski definition) is 2. The first-order chi connectivity index (χ1) is 7.84. The van der Waals surface area contributed by atoms with Crippen LogP contribution in [0.2, 0.25) is 0 Å². The third-order valence-electron chi connectivity index (χ3n) is 2.57. The molecule has 0 saturated carbocycles. The predicted molar refractivity (Wildman–Crippen MR) is 70.9 cm³/mol. The van der Waals surface area contributed by atoms with Crippen LogP contribution in [0.25, 0.3) is 0 Å². The van der Waals surface area contributed by atoms with Crippen molar-refractivity contribution in [2.75, 3.05) is 13.6 Å². The van der Waals surface area contributed by atoms with E-state index in [1.165, 1.54) is 4.31 Å². The van der Waals surface area contributed by atoms with E-state index in [1.807, 2.05) is 13.8 Å². The standard InChI is InChI=1S/C12H18ClNO2S/c1-10-4-6-12(7-5-10)17(15,16)14(3)9-8-11(2)13/h4-7,11H,8-9H2,1-3H3. The molecule has 1 rings (SSSR count). The van der Waals surface area contributed by atoms with Gasteiger partial charge in [-0.1, -0.05) is 17.7 Å². The molecule has 0 radical (unpaired) electrons. The highest BCUT2D eigenvalue weighted by Gasteiger charge is 2.20. The second-order valence-corrected chi connectivity index (χ2v) is 7.00. The molecule has 0 fully saturated rings. The first kappa shape index (κ1) is 14.5. The molecule has 0 aliphatic rings. The Labute approximate surface area is 108 Å². The van der Waals surface area contributed by atoms with Gasteiger partial charge in [0, 0.05) is 19.0 Å². The molecule has 0 aromatic heterocycles. The molecule has 17 heavy (non-hydrogen) atoms. The number of hydrogen-bond donors (Lipinski definition) is 0. The molecule has 0 saturated heterocycles. The molecule has 1 aromatic rings. The summed E-state index contributed by atoms with van der Waals surface area (Å²) in [6, 6.07) is 6.85. The van der Waals surface area contributed by atoms with E-state index in [4.69, 9.17) is 11.6 Å². The van der Waals surface area contributed by atoms with Crippen molar-refractivity contribution in [2.24, 2.45) is 0 Å². The van der Waals surface area contributed by atoms with Crippen LogP contribution in [0.1, 0.15) is 18.9 Å². The second-order valence-electron chi connectivity index (χ2n) is 4.21. The Morgan fingerprint density at radius 3 is 2.29 bits per heavy atom. The quantitative estimate of drug-likeness (QED) is 0.775. The summed E-state index contributed by atoms with van der Waals surface area (Å²) < 4.78 is 25.6. The average molecular weight is 276 g/mol. The molecule has 96 valence electrons. The Kier molecular flexibility index (Phi) is 4.98. The van der Waals surface area contributed by atoms with Gasteiger partial charge in [-0.25, -0.2) is 12.7 Å². The summed E-state index contributed by atoms with van der Waals surface area (Å²) in [6.07, 6.45) is 0.642. The lowest BCUT2D eigenvalue weighted by Crippen LogP contribution is -2.29. The highest BCUT2D eigenvalue weighted by Crippen LogP contribution is 2.15. The molecular formula is C12H18ClNO2S. The van der Waals surface area contributed by atoms with Crippen LogP contribution < -0.4 is 0 Å². The third-order valence-corrected chi connectivity index (χ3v) is 4.66. The number of benzene rings is 1. The minimum Gasteiger partial charge on any atom is -0.207 e. The van der Waals surface area contributed by atoms with E-state index in [-0.39, 0.29) is 5.38 Å². The minimum absolute atomic E-state index is 0.0225. The normalized spacial score (nSPS) is 13.9. The second kappa shape index (κ2) is 5.85. The number of halogens is 1. The maximum Gasteiger partial charge on any atom is 0.242 e. The highest BCUT2D eigenvalue weighted by atomic mass is 35.5. The molecule has 3 nitrogen and oxygen atoms in total. The Balaban J connectivity index is 2.84. The SMILES string of the molecule is Cc1ccc(S(=O)(=O)N(C)CCC(C)Cl)cc1. The van der Waals surface area contributed by atoms with E-state index in [1.54, 1.807) is 31.3 Å². The van der Waals surface area contributed by atoms with Gasteiger partial charge in [0.1, 0.15) is 0 Å². The fourth-order valence-electron chi connectivity index (χ4n) is 1.37. The van der Waals surface area contributed by atoms with Crippen LogP contribution in [-0.2, 0) is 10.0 Å². The minimum atomic E-state index is -3.38. The highest BCUT2D eigenvalue weighted by molar-refractivity contribution is 7.89. The fraction of sp³-hybridized carbons (Fsp3) is 0.500. The van der Waals surface area contributed by atoms with E-state index >= 15 is 0 Å². The molecule has 0 amide bonds. The molecular weight excluding hydrogens is 258 g/mol. The lowest BCUT2D eigenvalue weighted by Gasteiger charge is -2.17. The van der Waals surface area contributed by atoms with Crippen LogP contribution in [-0.4, -0.2) is 31.7 Å². The number of rotatable bonds is 5. The third kappa shape index (κ3) is 3.98. The Hall–Kier alpha value is -0.580. The van der Waals surface area contributed by atoms with Crippen LogP contribution in [0, 0.1) is 6.92 Å². The number of sulfonamides is 1. The zero-order chi connectivity index (χ0) is 13.1. The maximum absolute atomic E-state index is 12.1. The molecule has 0 bridgehead atoms. The van der Waals surface area contributed by atoms with Crippen LogP contribution in [0.15, 0.2) is 29.2 Å². The predicted octanol–water partition coefficient (Wildman–Crippen LogP) is 2.63. The molecule has 0 aliphatic carbocycles. The van der Waals surface area contributed by atoms with Crippen molar-refractivity contribution in [3.8, 4) is 0 Å². The summed E-state index contributed by atoms with van der Waals surface area (Å²) in [7, 11) is -1.80. The van der Waals surface area contributed by atoms with Gasteiger partial charge in [0.2, 0.25) is 10.0 Å². The van der Waals surface area contributed by atoms with E-state index in [2.05, 4.69) is 0 Å². The number of nitrogens with zero attached hydrogens (tertiary/aromatic N) is 1. The van der Waals surface area contributed by atoms with Crippen molar-refractivity contribution in [1.29, 1.82) is 0 Å². The van der Waals surface area contributed by atoms with Crippen LogP contribution >= 0.6 is 11.6 Å². The summed E-state index contributed by atoms with van der Waals surface area (Å²) >= 11 is 5.82. The smallest absolute Gasteiger partial charge is 0.207 e. The zero-order valence-electron chi connectivity index (χ0n) is 10.4. The fourth-order valence-corrected chi connectivity index (χ4v) is 2.65.